The van der Waals surface area contributed by atoms with Crippen molar-refractivity contribution in [1.29, 1.82) is 0 Å². The topological polar surface area (TPSA) is 17.8 Å². The van der Waals surface area contributed by atoms with Crippen LogP contribution < -0.4 is 0 Å². The van der Waals surface area contributed by atoms with Crippen LogP contribution in [0.15, 0.2) is 12.4 Å². The molecule has 0 aliphatic carbocycles. The molecule has 0 aromatic carbocycles. The van der Waals surface area contributed by atoms with Crippen molar-refractivity contribution in [2.45, 2.75) is 39.4 Å². The molecular formula is C9H15FN2. The van der Waals surface area contributed by atoms with Gasteiger partial charge in [0, 0.05) is 6.20 Å². The minimum absolute atomic E-state index is 0.0488. The van der Waals surface area contributed by atoms with Crippen molar-refractivity contribution in [3.63, 3.8) is 0 Å². The van der Waals surface area contributed by atoms with Gasteiger partial charge in [-0.2, -0.15) is 5.10 Å². The van der Waals surface area contributed by atoms with E-state index in [4.69, 9.17) is 0 Å². The molecule has 0 radical (unpaired) electrons. The first-order valence-electron chi connectivity index (χ1n) is 4.10. The molecule has 0 bridgehead atoms. The molecule has 0 N–H and O–H groups in total. The van der Waals surface area contributed by atoms with Gasteiger partial charge in [0.1, 0.15) is 0 Å². The van der Waals surface area contributed by atoms with Crippen molar-refractivity contribution >= 4 is 0 Å². The lowest BCUT2D eigenvalue weighted by Gasteiger charge is -2.15. The lowest BCUT2D eigenvalue weighted by atomic mass is 9.90. The number of hydrogen-bond acceptors (Lipinski definition) is 1. The highest BCUT2D eigenvalue weighted by molar-refractivity contribution is 5.15. The van der Waals surface area contributed by atoms with Crippen molar-refractivity contribution < 1.29 is 4.39 Å². The Labute approximate surface area is 72.4 Å². The van der Waals surface area contributed by atoms with Crippen LogP contribution in [0.3, 0.4) is 0 Å². The van der Waals surface area contributed by atoms with E-state index < -0.39 is 6.30 Å². The van der Waals surface area contributed by atoms with Gasteiger partial charge in [-0.1, -0.05) is 20.8 Å². The average Bonchev–Trinajstić information content (AvgIpc) is 2.30. The summed E-state index contributed by atoms with van der Waals surface area (Å²) in [5.74, 6) is 0. The molecule has 0 aliphatic heterocycles. The second kappa shape index (κ2) is 2.88. The Morgan fingerprint density at radius 3 is 2.33 bits per heavy atom. The summed E-state index contributed by atoms with van der Waals surface area (Å²) in [6.07, 6.45) is 2.43. The number of alkyl halides is 1. The number of aromatic nitrogens is 2. The first-order chi connectivity index (χ1) is 5.41. The third-order valence-electron chi connectivity index (χ3n) is 1.83. The molecular weight excluding hydrogens is 155 g/mol. The SMILES string of the molecule is CC(F)n1cc(C(C)(C)C)cn1. The van der Waals surface area contributed by atoms with Crippen LogP contribution in [0.4, 0.5) is 4.39 Å². The summed E-state index contributed by atoms with van der Waals surface area (Å²) in [5.41, 5.74) is 1.11. The molecule has 1 aromatic heterocycles. The van der Waals surface area contributed by atoms with Gasteiger partial charge in [-0.25, -0.2) is 9.07 Å². The zero-order valence-corrected chi connectivity index (χ0v) is 8.00. The van der Waals surface area contributed by atoms with Gasteiger partial charge < -0.3 is 0 Å². The third kappa shape index (κ3) is 1.84. The molecule has 2 nitrogen and oxygen atoms in total. The molecule has 0 aliphatic rings. The van der Waals surface area contributed by atoms with E-state index >= 15 is 0 Å². The maximum absolute atomic E-state index is 12.7. The number of hydrogen-bond donors (Lipinski definition) is 0. The van der Waals surface area contributed by atoms with Gasteiger partial charge in [0.15, 0.2) is 6.30 Å². The highest BCUT2D eigenvalue weighted by atomic mass is 19.1. The van der Waals surface area contributed by atoms with Crippen molar-refractivity contribution in [3.8, 4) is 0 Å². The Morgan fingerprint density at radius 1 is 1.50 bits per heavy atom. The van der Waals surface area contributed by atoms with Gasteiger partial charge in [-0.15, -0.1) is 0 Å². The first-order valence-corrected chi connectivity index (χ1v) is 4.10. The van der Waals surface area contributed by atoms with E-state index in [1.807, 2.05) is 0 Å². The van der Waals surface area contributed by atoms with Gasteiger partial charge in [0.05, 0.1) is 6.20 Å². The van der Waals surface area contributed by atoms with E-state index in [2.05, 4.69) is 25.9 Å². The predicted molar refractivity (Wildman–Crippen MR) is 46.7 cm³/mol. The molecule has 1 atom stereocenters. The van der Waals surface area contributed by atoms with Gasteiger partial charge >= 0.3 is 0 Å². The van der Waals surface area contributed by atoms with Crippen molar-refractivity contribution in [3.05, 3.63) is 18.0 Å². The third-order valence-corrected chi connectivity index (χ3v) is 1.83. The zero-order valence-electron chi connectivity index (χ0n) is 8.00. The summed E-state index contributed by atoms with van der Waals surface area (Å²) < 4.78 is 14.1. The highest BCUT2D eigenvalue weighted by Crippen LogP contribution is 2.22. The Bertz CT molecular complexity index is 258. The normalized spacial score (nSPS) is 14.8. The molecule has 3 heteroatoms. The van der Waals surface area contributed by atoms with E-state index in [0.717, 1.165) is 5.56 Å². The van der Waals surface area contributed by atoms with Crippen LogP contribution in [0.25, 0.3) is 0 Å². The predicted octanol–water partition coefficient (Wildman–Crippen LogP) is 2.67. The summed E-state index contributed by atoms with van der Waals surface area (Å²) >= 11 is 0. The van der Waals surface area contributed by atoms with Crippen LogP contribution in [0.5, 0.6) is 0 Å². The number of rotatable bonds is 1. The minimum Gasteiger partial charge on any atom is -0.239 e. The molecule has 0 saturated heterocycles. The molecule has 0 amide bonds. The Hall–Kier alpha value is -0.860. The van der Waals surface area contributed by atoms with Crippen molar-refractivity contribution in [2.75, 3.05) is 0 Å². The molecule has 1 heterocycles. The van der Waals surface area contributed by atoms with E-state index in [-0.39, 0.29) is 5.41 Å². The van der Waals surface area contributed by atoms with Crippen LogP contribution in [0.1, 0.15) is 39.6 Å². The second-order valence-electron chi connectivity index (χ2n) is 4.03. The Kier molecular flexibility index (Phi) is 2.22. The van der Waals surface area contributed by atoms with Crippen LogP contribution in [0, 0.1) is 0 Å². The molecule has 68 valence electrons. The first kappa shape index (κ1) is 9.23. The molecule has 1 rings (SSSR count). The molecule has 1 unspecified atom stereocenters. The minimum atomic E-state index is -1.04. The fourth-order valence-electron chi connectivity index (χ4n) is 0.920. The fraction of sp³-hybridized carbons (Fsp3) is 0.667. The van der Waals surface area contributed by atoms with E-state index in [1.54, 1.807) is 12.4 Å². The van der Waals surface area contributed by atoms with Gasteiger partial charge in [0.2, 0.25) is 0 Å². The maximum atomic E-state index is 12.7. The lowest BCUT2D eigenvalue weighted by Crippen LogP contribution is -2.09. The smallest absolute Gasteiger partial charge is 0.188 e. The molecule has 0 spiro atoms. The Morgan fingerprint density at radius 2 is 2.08 bits per heavy atom. The summed E-state index contributed by atoms with van der Waals surface area (Å²) in [6, 6.07) is 0. The van der Waals surface area contributed by atoms with Crippen molar-refractivity contribution in [1.82, 2.24) is 9.78 Å². The molecule has 0 fully saturated rings. The summed E-state index contributed by atoms with van der Waals surface area (Å²) in [4.78, 5) is 0. The van der Waals surface area contributed by atoms with Gasteiger partial charge in [-0.05, 0) is 17.9 Å². The van der Waals surface area contributed by atoms with E-state index in [1.165, 1.54) is 11.6 Å². The summed E-state index contributed by atoms with van der Waals surface area (Å²) in [6.45, 7) is 7.71. The lowest BCUT2D eigenvalue weighted by molar-refractivity contribution is 0.245. The summed E-state index contributed by atoms with van der Waals surface area (Å²) in [7, 11) is 0. The van der Waals surface area contributed by atoms with Crippen LogP contribution in [-0.4, -0.2) is 9.78 Å². The monoisotopic (exact) mass is 170 g/mol. The number of halogens is 1. The Balaban J connectivity index is 2.92. The van der Waals surface area contributed by atoms with Crippen LogP contribution in [-0.2, 0) is 5.41 Å². The quantitative estimate of drug-likeness (QED) is 0.633. The largest absolute Gasteiger partial charge is 0.239 e. The standard InChI is InChI=1S/C9H15FN2/c1-7(10)12-6-8(5-11-12)9(2,3)4/h5-7H,1-4H3. The van der Waals surface area contributed by atoms with Crippen molar-refractivity contribution in [2.24, 2.45) is 0 Å². The summed E-state index contributed by atoms with van der Waals surface area (Å²) in [5, 5.41) is 3.92. The maximum Gasteiger partial charge on any atom is 0.188 e. The molecule has 1 aromatic rings. The van der Waals surface area contributed by atoms with Gasteiger partial charge in [-0.3, -0.25) is 0 Å². The fourth-order valence-corrected chi connectivity index (χ4v) is 0.920. The molecule has 0 saturated carbocycles. The average molecular weight is 170 g/mol. The number of nitrogens with zero attached hydrogens (tertiary/aromatic N) is 2. The van der Waals surface area contributed by atoms with E-state index in [0.29, 0.717) is 0 Å². The van der Waals surface area contributed by atoms with Crippen LogP contribution >= 0.6 is 0 Å². The highest BCUT2D eigenvalue weighted by Gasteiger charge is 2.16. The van der Waals surface area contributed by atoms with E-state index in [9.17, 15) is 4.39 Å². The van der Waals surface area contributed by atoms with Gasteiger partial charge in [0.25, 0.3) is 0 Å². The molecule has 12 heavy (non-hydrogen) atoms. The van der Waals surface area contributed by atoms with Crippen LogP contribution in [0.2, 0.25) is 0 Å². The second-order valence-corrected chi connectivity index (χ2v) is 4.03. The zero-order chi connectivity index (χ0) is 9.35.